The first-order valence-corrected chi connectivity index (χ1v) is 10.4. The average molecular weight is 411 g/mol. The van der Waals surface area contributed by atoms with Crippen LogP contribution in [0.2, 0.25) is 0 Å². The van der Waals surface area contributed by atoms with Crippen molar-refractivity contribution in [3.63, 3.8) is 0 Å². The van der Waals surface area contributed by atoms with Crippen molar-refractivity contribution in [1.29, 1.82) is 0 Å². The monoisotopic (exact) mass is 410 g/mol. The highest BCUT2D eigenvalue weighted by Gasteiger charge is 2.22. The maximum atomic E-state index is 11.6. The van der Waals surface area contributed by atoms with Gasteiger partial charge >= 0.3 is 0 Å². The fourth-order valence-corrected chi connectivity index (χ4v) is 3.22. The predicted octanol–water partition coefficient (Wildman–Crippen LogP) is 2.26. The van der Waals surface area contributed by atoms with Crippen molar-refractivity contribution in [1.82, 2.24) is 16.0 Å². The van der Waals surface area contributed by atoms with Gasteiger partial charge in [-0.1, -0.05) is 30.3 Å². The third-order valence-electron chi connectivity index (χ3n) is 4.62. The minimum Gasteiger partial charge on any atom is -0.488 e. The highest BCUT2D eigenvalue weighted by molar-refractivity contribution is 5.79. The molecule has 3 rings (SSSR count). The lowest BCUT2D eigenvalue weighted by Gasteiger charge is -2.15. The normalized spacial score (nSPS) is 15.1. The highest BCUT2D eigenvalue weighted by atomic mass is 16.5. The molecular weight excluding hydrogens is 380 g/mol. The highest BCUT2D eigenvalue weighted by Crippen LogP contribution is 2.27. The molecule has 0 bridgehead atoms. The van der Waals surface area contributed by atoms with Crippen LogP contribution in [0.5, 0.6) is 11.5 Å². The molecule has 0 saturated heterocycles. The van der Waals surface area contributed by atoms with Gasteiger partial charge in [0.25, 0.3) is 5.91 Å². The molecule has 160 valence electrons. The molecule has 1 unspecified atom stereocenters. The minimum atomic E-state index is -0.129. The van der Waals surface area contributed by atoms with Gasteiger partial charge in [0, 0.05) is 19.5 Å². The smallest absolute Gasteiger partial charge is 0.257 e. The van der Waals surface area contributed by atoms with Crippen LogP contribution in [0.15, 0.2) is 53.5 Å². The zero-order valence-electron chi connectivity index (χ0n) is 17.6. The van der Waals surface area contributed by atoms with Gasteiger partial charge in [-0.2, -0.15) is 0 Å². The van der Waals surface area contributed by atoms with Crippen molar-refractivity contribution in [3.05, 3.63) is 59.7 Å². The number of amides is 1. The van der Waals surface area contributed by atoms with Gasteiger partial charge < -0.3 is 25.4 Å². The molecule has 1 atom stereocenters. The second-order valence-electron chi connectivity index (χ2n) is 7.02. The first-order valence-electron chi connectivity index (χ1n) is 10.4. The molecular formula is C23H30N4O3. The molecule has 1 amide bonds. The molecule has 3 N–H and O–H groups in total. The fourth-order valence-electron chi connectivity index (χ4n) is 3.22. The Bertz CT molecular complexity index is 844. The average Bonchev–Trinajstić information content (AvgIpc) is 3.18. The summed E-state index contributed by atoms with van der Waals surface area (Å²) >= 11 is 0. The molecule has 0 fully saturated rings. The van der Waals surface area contributed by atoms with E-state index in [1.807, 2.05) is 56.3 Å². The van der Waals surface area contributed by atoms with Crippen LogP contribution in [-0.2, 0) is 17.8 Å². The zero-order valence-corrected chi connectivity index (χ0v) is 17.6. The van der Waals surface area contributed by atoms with E-state index in [9.17, 15) is 4.79 Å². The number of nitrogens with zero attached hydrogens (tertiary/aromatic N) is 1. The largest absolute Gasteiger partial charge is 0.488 e. The number of ether oxygens (including phenoxy) is 2. The van der Waals surface area contributed by atoms with Crippen LogP contribution >= 0.6 is 0 Å². The molecule has 1 aliphatic heterocycles. The summed E-state index contributed by atoms with van der Waals surface area (Å²) in [5, 5.41) is 9.35. The number of carbonyl (C=O) groups is 1. The topological polar surface area (TPSA) is 84.0 Å². The van der Waals surface area contributed by atoms with E-state index < -0.39 is 0 Å². The van der Waals surface area contributed by atoms with Gasteiger partial charge in [-0.15, -0.1) is 0 Å². The van der Waals surface area contributed by atoms with Gasteiger partial charge in [-0.25, -0.2) is 4.99 Å². The number of aliphatic imine (C=N–C) groups is 1. The summed E-state index contributed by atoms with van der Waals surface area (Å²) < 4.78 is 11.5. The first kappa shape index (κ1) is 21.5. The number of hydrogen-bond donors (Lipinski definition) is 3. The lowest BCUT2D eigenvalue weighted by molar-refractivity contribution is -0.122. The van der Waals surface area contributed by atoms with Gasteiger partial charge in [-0.05, 0) is 43.2 Å². The van der Waals surface area contributed by atoms with Crippen molar-refractivity contribution in [2.75, 3.05) is 26.2 Å². The third kappa shape index (κ3) is 6.40. The second-order valence-corrected chi connectivity index (χ2v) is 7.02. The number of benzene rings is 2. The van der Waals surface area contributed by atoms with Crippen molar-refractivity contribution < 1.29 is 14.3 Å². The summed E-state index contributed by atoms with van der Waals surface area (Å²) in [5.41, 5.74) is 2.25. The number of carbonyl (C=O) groups excluding carboxylic acids is 1. The number of guanidine groups is 1. The van der Waals surface area contributed by atoms with E-state index in [0.717, 1.165) is 30.2 Å². The Morgan fingerprint density at radius 3 is 2.73 bits per heavy atom. The molecule has 0 radical (unpaired) electrons. The molecule has 1 aliphatic rings. The van der Waals surface area contributed by atoms with Crippen molar-refractivity contribution in [2.45, 2.75) is 32.9 Å². The molecule has 7 nitrogen and oxygen atoms in total. The third-order valence-corrected chi connectivity index (χ3v) is 4.62. The van der Waals surface area contributed by atoms with Gasteiger partial charge in [0.15, 0.2) is 12.6 Å². The van der Waals surface area contributed by atoms with Crippen LogP contribution in [0, 0.1) is 0 Å². The second kappa shape index (κ2) is 11.1. The van der Waals surface area contributed by atoms with E-state index in [1.54, 1.807) is 0 Å². The molecule has 2 aromatic rings. The number of hydrogen-bond acceptors (Lipinski definition) is 4. The quantitative estimate of drug-likeness (QED) is 0.436. The molecule has 30 heavy (non-hydrogen) atoms. The number of fused-ring (bicyclic) bond motifs is 1. The van der Waals surface area contributed by atoms with Crippen LogP contribution in [0.25, 0.3) is 0 Å². The minimum absolute atomic E-state index is 0.00847. The summed E-state index contributed by atoms with van der Waals surface area (Å²) in [7, 11) is 0. The van der Waals surface area contributed by atoms with Gasteiger partial charge in [-0.3, -0.25) is 4.79 Å². The van der Waals surface area contributed by atoms with Gasteiger partial charge in [0.1, 0.15) is 17.6 Å². The maximum absolute atomic E-state index is 11.6. The summed E-state index contributed by atoms with van der Waals surface area (Å²) in [5.74, 6) is 2.24. The Hall–Kier alpha value is -3.22. The summed E-state index contributed by atoms with van der Waals surface area (Å²) in [6.07, 6.45) is 0.991. The molecule has 0 aliphatic carbocycles. The van der Waals surface area contributed by atoms with Gasteiger partial charge in [0.05, 0.1) is 13.1 Å². The first-order chi connectivity index (χ1) is 14.7. The summed E-state index contributed by atoms with van der Waals surface area (Å²) in [4.78, 5) is 16.2. The van der Waals surface area contributed by atoms with Crippen LogP contribution < -0.4 is 25.4 Å². The van der Waals surface area contributed by atoms with Crippen LogP contribution in [-0.4, -0.2) is 44.2 Å². The predicted molar refractivity (Wildman–Crippen MR) is 118 cm³/mol. The zero-order chi connectivity index (χ0) is 21.2. The lowest BCUT2D eigenvalue weighted by atomic mass is 10.1. The maximum Gasteiger partial charge on any atom is 0.257 e. The number of likely N-dealkylation sites (N-methyl/N-ethyl adjacent to an activating group) is 1. The Kier molecular flexibility index (Phi) is 7.94. The van der Waals surface area contributed by atoms with E-state index in [2.05, 4.69) is 27.0 Å². The number of rotatable bonds is 9. The molecule has 1 heterocycles. The Balaban J connectivity index is 1.52. The molecule has 2 aromatic carbocycles. The fraction of sp³-hybridized carbons (Fsp3) is 0.391. The summed E-state index contributed by atoms with van der Waals surface area (Å²) in [6.45, 7) is 6.46. The van der Waals surface area contributed by atoms with Crippen molar-refractivity contribution in [2.24, 2.45) is 4.99 Å². The Morgan fingerprint density at radius 1 is 1.10 bits per heavy atom. The van der Waals surface area contributed by atoms with Gasteiger partial charge in [0.2, 0.25) is 0 Å². The van der Waals surface area contributed by atoms with E-state index >= 15 is 0 Å². The summed E-state index contributed by atoms with van der Waals surface area (Å²) in [6, 6.07) is 15.8. The van der Waals surface area contributed by atoms with E-state index in [0.29, 0.717) is 25.4 Å². The van der Waals surface area contributed by atoms with Crippen LogP contribution in [0.3, 0.4) is 0 Å². The van der Waals surface area contributed by atoms with Crippen molar-refractivity contribution >= 4 is 11.9 Å². The molecule has 0 spiro atoms. The molecule has 0 aromatic heterocycles. The lowest BCUT2D eigenvalue weighted by Crippen LogP contribution is -2.42. The molecule has 7 heteroatoms. The standard InChI is InChI=1S/C23H30N4O3/c1-3-24-22(28)16-29-19-10-7-8-17(12-19)14-26-23(25-4-2)27-15-20-13-18-9-5-6-11-21(18)30-20/h5-12,20H,3-4,13-16H2,1-2H3,(H,24,28)(H2,25,26,27). The number of nitrogens with one attached hydrogen (secondary N) is 3. The van der Waals surface area contributed by atoms with E-state index in [4.69, 9.17) is 9.47 Å². The number of para-hydroxylation sites is 1. The van der Waals surface area contributed by atoms with Crippen LogP contribution in [0.4, 0.5) is 0 Å². The SMILES string of the molecule is CCNC(=O)COc1cccc(CN=C(NCC)NCC2Cc3ccccc3O2)c1. The van der Waals surface area contributed by atoms with Crippen molar-refractivity contribution in [3.8, 4) is 11.5 Å². The Labute approximate surface area is 177 Å². The molecule has 0 saturated carbocycles. The van der Waals surface area contributed by atoms with E-state index in [1.165, 1.54) is 5.56 Å². The Morgan fingerprint density at radius 2 is 1.93 bits per heavy atom. The van der Waals surface area contributed by atoms with E-state index in [-0.39, 0.29) is 18.6 Å². The van der Waals surface area contributed by atoms with Crippen LogP contribution in [0.1, 0.15) is 25.0 Å².